The van der Waals surface area contributed by atoms with Gasteiger partial charge in [-0.15, -0.1) is 0 Å². The lowest BCUT2D eigenvalue weighted by Crippen LogP contribution is -2.49. The lowest BCUT2D eigenvalue weighted by molar-refractivity contribution is -0.188. The van der Waals surface area contributed by atoms with Gasteiger partial charge in [-0.1, -0.05) is 0 Å². The number of benzene rings is 1. The van der Waals surface area contributed by atoms with E-state index in [1.54, 1.807) is 6.92 Å². The Morgan fingerprint density at radius 1 is 1.28 bits per heavy atom. The number of alkyl halides is 5. The molecule has 1 N–H and O–H groups in total. The van der Waals surface area contributed by atoms with Crippen molar-refractivity contribution in [1.82, 2.24) is 4.90 Å². The van der Waals surface area contributed by atoms with E-state index in [4.69, 9.17) is 0 Å². The molecular weight excluding hydrogens is 347 g/mol. The zero-order valence-corrected chi connectivity index (χ0v) is 13.5. The molecule has 1 aliphatic heterocycles. The second kappa shape index (κ2) is 7.99. The molecule has 1 aromatic rings. The Morgan fingerprint density at radius 2 is 1.92 bits per heavy atom. The molecule has 0 aromatic heterocycles. The Morgan fingerprint density at radius 3 is 2.48 bits per heavy atom. The summed E-state index contributed by atoms with van der Waals surface area (Å²) in [5.41, 5.74) is 0.350. The molecule has 1 fully saturated rings. The van der Waals surface area contributed by atoms with E-state index in [-0.39, 0.29) is 18.7 Å². The molecule has 1 aromatic carbocycles. The van der Waals surface area contributed by atoms with Crippen molar-refractivity contribution in [3.63, 3.8) is 0 Å². The van der Waals surface area contributed by atoms with Crippen LogP contribution in [-0.2, 0) is 4.79 Å². The number of amides is 1. The third-order valence-electron chi connectivity index (χ3n) is 4.19. The first-order valence-corrected chi connectivity index (χ1v) is 7.83. The number of hydrogen-bond acceptors (Lipinski definition) is 3. The standard InChI is InChI=1S/C16H19F5N2O2/c1-10(23-8-2-3-11(9-23)16(19,20)21)14(24)22-12-4-6-13(7-5-12)25-15(17)18/h4-7,10-11,15H,2-3,8-9H2,1H3,(H,22,24)/t10-,11+/m0/s1. The molecule has 140 valence electrons. The fourth-order valence-electron chi connectivity index (χ4n) is 2.76. The average molecular weight is 366 g/mol. The van der Waals surface area contributed by atoms with Crippen LogP contribution in [0.3, 0.4) is 0 Å². The van der Waals surface area contributed by atoms with Gasteiger partial charge in [-0.05, 0) is 50.6 Å². The molecule has 0 radical (unpaired) electrons. The number of anilines is 1. The Balaban J connectivity index is 1.93. The molecule has 2 rings (SSSR count). The first-order chi connectivity index (χ1) is 11.7. The molecular formula is C16H19F5N2O2. The number of likely N-dealkylation sites (tertiary alicyclic amines) is 1. The maximum atomic E-state index is 12.9. The highest BCUT2D eigenvalue weighted by atomic mass is 19.4. The zero-order chi connectivity index (χ0) is 18.6. The summed E-state index contributed by atoms with van der Waals surface area (Å²) in [6.07, 6.45) is -3.82. The largest absolute Gasteiger partial charge is 0.435 e. The number of rotatable bonds is 5. The van der Waals surface area contributed by atoms with Crippen molar-refractivity contribution in [3.05, 3.63) is 24.3 Å². The summed E-state index contributed by atoms with van der Waals surface area (Å²) in [6.45, 7) is -1.19. The van der Waals surface area contributed by atoms with Gasteiger partial charge in [0.1, 0.15) is 5.75 Å². The van der Waals surface area contributed by atoms with Gasteiger partial charge in [0.05, 0.1) is 12.0 Å². The van der Waals surface area contributed by atoms with Gasteiger partial charge in [-0.25, -0.2) is 0 Å². The first-order valence-electron chi connectivity index (χ1n) is 7.83. The van der Waals surface area contributed by atoms with Crippen LogP contribution < -0.4 is 10.1 Å². The predicted molar refractivity (Wildman–Crippen MR) is 81.5 cm³/mol. The van der Waals surface area contributed by atoms with Gasteiger partial charge in [0.15, 0.2) is 0 Å². The minimum Gasteiger partial charge on any atom is -0.435 e. The van der Waals surface area contributed by atoms with Crippen LogP contribution in [-0.4, -0.2) is 42.7 Å². The second-order valence-electron chi connectivity index (χ2n) is 5.94. The van der Waals surface area contributed by atoms with E-state index in [2.05, 4.69) is 10.1 Å². The van der Waals surface area contributed by atoms with Crippen molar-refractivity contribution in [2.45, 2.75) is 38.6 Å². The number of carbonyl (C=O) groups is 1. The number of nitrogens with zero attached hydrogens (tertiary/aromatic N) is 1. The molecule has 0 spiro atoms. The summed E-state index contributed by atoms with van der Waals surface area (Å²) in [6, 6.07) is 4.58. The Kier molecular flexibility index (Phi) is 6.21. The predicted octanol–water partition coefficient (Wildman–Crippen LogP) is 3.89. The van der Waals surface area contributed by atoms with Crippen LogP contribution in [0.15, 0.2) is 24.3 Å². The van der Waals surface area contributed by atoms with E-state index < -0.39 is 30.7 Å². The van der Waals surface area contributed by atoms with Gasteiger partial charge < -0.3 is 10.1 Å². The lowest BCUT2D eigenvalue weighted by Gasteiger charge is -2.36. The third kappa shape index (κ3) is 5.55. The van der Waals surface area contributed by atoms with Crippen molar-refractivity contribution in [2.75, 3.05) is 18.4 Å². The zero-order valence-electron chi connectivity index (χ0n) is 13.5. The molecule has 1 amide bonds. The molecule has 0 saturated carbocycles. The summed E-state index contributed by atoms with van der Waals surface area (Å²) in [5.74, 6) is -1.93. The molecule has 1 aliphatic rings. The summed E-state index contributed by atoms with van der Waals surface area (Å²) in [4.78, 5) is 13.8. The molecule has 0 bridgehead atoms. The monoisotopic (exact) mass is 366 g/mol. The number of halogens is 5. The number of piperidine rings is 1. The van der Waals surface area contributed by atoms with Crippen LogP contribution in [0.4, 0.5) is 27.6 Å². The average Bonchev–Trinajstić information content (AvgIpc) is 2.55. The molecule has 0 unspecified atom stereocenters. The highest BCUT2D eigenvalue weighted by Gasteiger charge is 2.43. The Hall–Kier alpha value is -1.90. The van der Waals surface area contributed by atoms with Crippen molar-refractivity contribution in [3.8, 4) is 5.75 Å². The van der Waals surface area contributed by atoms with E-state index in [9.17, 15) is 26.7 Å². The summed E-state index contributed by atoms with van der Waals surface area (Å²) >= 11 is 0. The fraction of sp³-hybridized carbons (Fsp3) is 0.562. The third-order valence-corrected chi connectivity index (χ3v) is 4.19. The summed E-state index contributed by atoms with van der Waals surface area (Å²) in [5, 5.41) is 2.57. The molecule has 1 saturated heterocycles. The maximum absolute atomic E-state index is 12.9. The molecule has 2 atom stereocenters. The van der Waals surface area contributed by atoms with Crippen molar-refractivity contribution < 1.29 is 31.5 Å². The van der Waals surface area contributed by atoms with E-state index in [1.807, 2.05) is 0 Å². The lowest BCUT2D eigenvalue weighted by atomic mass is 9.96. The highest BCUT2D eigenvalue weighted by molar-refractivity contribution is 5.94. The second-order valence-corrected chi connectivity index (χ2v) is 5.94. The Labute approximate surface area is 141 Å². The van der Waals surface area contributed by atoms with E-state index in [1.165, 1.54) is 29.2 Å². The van der Waals surface area contributed by atoms with Crippen LogP contribution in [0.1, 0.15) is 19.8 Å². The topological polar surface area (TPSA) is 41.6 Å². The van der Waals surface area contributed by atoms with Crippen LogP contribution in [0.2, 0.25) is 0 Å². The minimum atomic E-state index is -4.27. The molecule has 25 heavy (non-hydrogen) atoms. The van der Waals surface area contributed by atoms with Crippen LogP contribution in [0.25, 0.3) is 0 Å². The number of carbonyl (C=O) groups excluding carboxylic acids is 1. The van der Waals surface area contributed by atoms with Gasteiger partial charge in [-0.2, -0.15) is 22.0 Å². The van der Waals surface area contributed by atoms with Gasteiger partial charge in [0, 0.05) is 12.2 Å². The van der Waals surface area contributed by atoms with Crippen LogP contribution in [0, 0.1) is 5.92 Å². The minimum absolute atomic E-state index is 0.0508. The first kappa shape index (κ1) is 19.4. The summed E-state index contributed by atoms with van der Waals surface area (Å²) in [7, 11) is 0. The van der Waals surface area contributed by atoms with Gasteiger partial charge >= 0.3 is 12.8 Å². The number of ether oxygens (including phenoxy) is 1. The van der Waals surface area contributed by atoms with E-state index in [0.717, 1.165) is 0 Å². The molecule has 0 aliphatic carbocycles. The highest BCUT2D eigenvalue weighted by Crippen LogP contribution is 2.33. The molecule has 1 heterocycles. The Bertz CT molecular complexity index is 577. The van der Waals surface area contributed by atoms with Crippen molar-refractivity contribution in [2.24, 2.45) is 5.92 Å². The van der Waals surface area contributed by atoms with E-state index in [0.29, 0.717) is 18.7 Å². The smallest absolute Gasteiger partial charge is 0.393 e. The van der Waals surface area contributed by atoms with Crippen molar-refractivity contribution >= 4 is 11.6 Å². The van der Waals surface area contributed by atoms with E-state index >= 15 is 0 Å². The van der Waals surface area contributed by atoms with Gasteiger partial charge in [0.2, 0.25) is 5.91 Å². The molecule has 9 heteroatoms. The fourth-order valence-corrected chi connectivity index (χ4v) is 2.76. The van der Waals surface area contributed by atoms with Gasteiger partial charge in [0.25, 0.3) is 0 Å². The quantitative estimate of drug-likeness (QED) is 0.804. The van der Waals surface area contributed by atoms with Crippen LogP contribution >= 0.6 is 0 Å². The SMILES string of the molecule is C[C@@H](C(=O)Nc1ccc(OC(F)F)cc1)N1CCC[C@@H](C(F)(F)F)C1. The van der Waals surface area contributed by atoms with Crippen LogP contribution in [0.5, 0.6) is 5.75 Å². The summed E-state index contributed by atoms with van der Waals surface area (Å²) < 4.78 is 66.9. The number of nitrogens with one attached hydrogen (secondary N) is 1. The van der Waals surface area contributed by atoms with Gasteiger partial charge in [-0.3, -0.25) is 9.69 Å². The normalized spacial score (nSPS) is 20.4. The number of hydrogen-bond donors (Lipinski definition) is 1. The maximum Gasteiger partial charge on any atom is 0.393 e. The van der Waals surface area contributed by atoms with Crippen molar-refractivity contribution in [1.29, 1.82) is 0 Å². The molecule has 4 nitrogen and oxygen atoms in total.